The number of ether oxygens (including phenoxy) is 3. The lowest BCUT2D eigenvalue weighted by Crippen LogP contribution is -2.28. The number of aromatic nitrogens is 3. The van der Waals surface area contributed by atoms with E-state index < -0.39 is 0 Å². The normalized spacial score (nSPS) is 11.6. The Morgan fingerprint density at radius 2 is 1.88 bits per heavy atom. The van der Waals surface area contributed by atoms with E-state index in [4.69, 9.17) is 14.2 Å². The summed E-state index contributed by atoms with van der Waals surface area (Å²) in [5.74, 6) is 1.21. The molecule has 2 N–H and O–H groups in total. The fourth-order valence-electron chi connectivity index (χ4n) is 3.31. The number of carbonyl (C=O) groups is 1. The number of H-pyrrole nitrogens is 1. The van der Waals surface area contributed by atoms with Crippen LogP contribution in [0.25, 0.3) is 11.4 Å². The maximum Gasteiger partial charge on any atom is 0.273 e. The van der Waals surface area contributed by atoms with E-state index in [0.29, 0.717) is 42.7 Å². The average molecular weight is 467 g/mol. The standard InChI is InChI=1S/C25H30N4O5/c1-4-33-14-15-34-21-12-10-19(16-22(21)32-3)24-27-25(31)20(28-29-24)11-13-23(30)26-17(2)18-8-6-5-7-9-18/h5-10,12,16-17H,4,11,13-15H2,1-3H3,(H,26,30)(H,27,29,31). The molecule has 3 aromatic rings. The van der Waals surface area contributed by atoms with Crippen LogP contribution in [0.5, 0.6) is 11.5 Å². The molecule has 0 saturated heterocycles. The minimum absolute atomic E-state index is 0.124. The summed E-state index contributed by atoms with van der Waals surface area (Å²) in [6, 6.07) is 14.8. The Morgan fingerprint density at radius 1 is 1.09 bits per heavy atom. The molecular weight excluding hydrogens is 436 g/mol. The van der Waals surface area contributed by atoms with Crippen molar-refractivity contribution in [1.82, 2.24) is 20.5 Å². The van der Waals surface area contributed by atoms with E-state index in [2.05, 4.69) is 20.5 Å². The van der Waals surface area contributed by atoms with Crippen LogP contribution in [-0.2, 0) is 16.0 Å². The van der Waals surface area contributed by atoms with Crippen LogP contribution in [0.2, 0.25) is 0 Å². The first kappa shape index (κ1) is 24.9. The zero-order valence-corrected chi connectivity index (χ0v) is 19.7. The number of nitrogens with one attached hydrogen (secondary N) is 2. The lowest BCUT2D eigenvalue weighted by Gasteiger charge is -2.14. The van der Waals surface area contributed by atoms with Gasteiger partial charge in [-0.1, -0.05) is 30.3 Å². The van der Waals surface area contributed by atoms with Gasteiger partial charge in [-0.2, -0.15) is 0 Å². The van der Waals surface area contributed by atoms with Crippen molar-refractivity contribution >= 4 is 5.91 Å². The molecule has 1 heterocycles. The topological polar surface area (TPSA) is 115 Å². The number of hydrogen-bond acceptors (Lipinski definition) is 7. The SMILES string of the molecule is CCOCCOc1ccc(-c2nnc(CCC(=O)NC(C)c3ccccc3)c(=O)[nH]2)cc1OC. The third-order valence-electron chi connectivity index (χ3n) is 5.16. The van der Waals surface area contributed by atoms with Crippen molar-refractivity contribution < 1.29 is 19.0 Å². The Balaban J connectivity index is 1.61. The Morgan fingerprint density at radius 3 is 2.59 bits per heavy atom. The number of aryl methyl sites for hydroxylation is 1. The molecule has 9 heteroatoms. The summed E-state index contributed by atoms with van der Waals surface area (Å²) in [4.78, 5) is 27.6. The van der Waals surface area contributed by atoms with Gasteiger partial charge < -0.3 is 24.5 Å². The van der Waals surface area contributed by atoms with Crippen LogP contribution in [0.4, 0.5) is 0 Å². The maximum atomic E-state index is 12.5. The van der Waals surface area contributed by atoms with Gasteiger partial charge in [0.25, 0.3) is 5.56 Å². The summed E-state index contributed by atoms with van der Waals surface area (Å²) in [6.45, 7) is 5.33. The van der Waals surface area contributed by atoms with Crippen LogP contribution < -0.4 is 20.3 Å². The molecule has 1 amide bonds. The Kier molecular flexibility index (Phi) is 9.16. The lowest BCUT2D eigenvalue weighted by atomic mass is 10.1. The van der Waals surface area contributed by atoms with Crippen LogP contribution >= 0.6 is 0 Å². The molecule has 0 bridgehead atoms. The summed E-state index contributed by atoms with van der Waals surface area (Å²) in [7, 11) is 1.54. The van der Waals surface area contributed by atoms with Gasteiger partial charge in [-0.25, -0.2) is 0 Å². The molecule has 2 aromatic carbocycles. The smallest absolute Gasteiger partial charge is 0.273 e. The molecular formula is C25H30N4O5. The van der Waals surface area contributed by atoms with Gasteiger partial charge in [0, 0.05) is 25.0 Å². The van der Waals surface area contributed by atoms with Gasteiger partial charge in [0.2, 0.25) is 5.91 Å². The van der Waals surface area contributed by atoms with E-state index in [9.17, 15) is 9.59 Å². The van der Waals surface area contributed by atoms with E-state index in [1.165, 1.54) is 7.11 Å². The minimum atomic E-state index is -0.384. The van der Waals surface area contributed by atoms with Crippen molar-refractivity contribution in [3.63, 3.8) is 0 Å². The van der Waals surface area contributed by atoms with Gasteiger partial charge >= 0.3 is 0 Å². The number of rotatable bonds is 12. The molecule has 0 radical (unpaired) electrons. The fourth-order valence-corrected chi connectivity index (χ4v) is 3.31. The van der Waals surface area contributed by atoms with Crippen LogP contribution in [0.15, 0.2) is 53.3 Å². The fraction of sp³-hybridized carbons (Fsp3) is 0.360. The second-order valence-electron chi connectivity index (χ2n) is 7.56. The van der Waals surface area contributed by atoms with E-state index in [-0.39, 0.29) is 36.0 Å². The molecule has 34 heavy (non-hydrogen) atoms. The molecule has 1 aromatic heterocycles. The maximum absolute atomic E-state index is 12.5. The number of nitrogens with zero attached hydrogens (tertiary/aromatic N) is 2. The first-order valence-corrected chi connectivity index (χ1v) is 11.2. The van der Waals surface area contributed by atoms with E-state index in [1.807, 2.05) is 44.2 Å². The first-order chi connectivity index (χ1) is 16.5. The highest BCUT2D eigenvalue weighted by atomic mass is 16.5. The Bertz CT molecular complexity index is 1130. The highest BCUT2D eigenvalue weighted by Crippen LogP contribution is 2.31. The average Bonchev–Trinajstić information content (AvgIpc) is 2.86. The monoisotopic (exact) mass is 466 g/mol. The van der Waals surface area contributed by atoms with Crippen molar-refractivity contribution in [3.05, 3.63) is 70.1 Å². The third-order valence-corrected chi connectivity index (χ3v) is 5.16. The largest absolute Gasteiger partial charge is 0.493 e. The molecule has 0 fully saturated rings. The van der Waals surface area contributed by atoms with Gasteiger partial charge in [0.1, 0.15) is 12.3 Å². The second-order valence-corrected chi connectivity index (χ2v) is 7.56. The van der Waals surface area contributed by atoms with Gasteiger partial charge in [-0.3, -0.25) is 9.59 Å². The third kappa shape index (κ3) is 6.89. The zero-order chi connectivity index (χ0) is 24.3. The van der Waals surface area contributed by atoms with Gasteiger partial charge in [-0.05, 0) is 37.6 Å². The van der Waals surface area contributed by atoms with Gasteiger partial charge in [0.05, 0.1) is 19.8 Å². The van der Waals surface area contributed by atoms with Crippen molar-refractivity contribution in [1.29, 1.82) is 0 Å². The summed E-state index contributed by atoms with van der Waals surface area (Å²) in [6.07, 6.45) is 0.321. The van der Waals surface area contributed by atoms with E-state index in [0.717, 1.165) is 5.56 Å². The predicted molar refractivity (Wildman–Crippen MR) is 128 cm³/mol. The highest BCUT2D eigenvalue weighted by Gasteiger charge is 2.14. The molecule has 0 aliphatic carbocycles. The van der Waals surface area contributed by atoms with Gasteiger partial charge in [0.15, 0.2) is 17.3 Å². The summed E-state index contributed by atoms with van der Waals surface area (Å²) in [5.41, 5.74) is 1.46. The molecule has 180 valence electrons. The van der Waals surface area contributed by atoms with Crippen LogP contribution in [-0.4, -0.2) is 48.0 Å². The number of methoxy groups -OCH3 is 1. The van der Waals surface area contributed by atoms with Crippen molar-refractivity contribution in [2.45, 2.75) is 32.7 Å². The number of carbonyl (C=O) groups excluding carboxylic acids is 1. The van der Waals surface area contributed by atoms with E-state index in [1.54, 1.807) is 18.2 Å². The van der Waals surface area contributed by atoms with Crippen LogP contribution in [0, 0.1) is 0 Å². The number of benzene rings is 2. The van der Waals surface area contributed by atoms with Crippen LogP contribution in [0.3, 0.4) is 0 Å². The van der Waals surface area contributed by atoms with E-state index >= 15 is 0 Å². The summed E-state index contributed by atoms with van der Waals surface area (Å²) < 4.78 is 16.3. The molecule has 0 aliphatic rings. The molecule has 0 saturated carbocycles. The molecule has 0 aliphatic heterocycles. The number of hydrogen-bond donors (Lipinski definition) is 2. The molecule has 0 spiro atoms. The molecule has 1 unspecified atom stereocenters. The second kappa shape index (κ2) is 12.5. The lowest BCUT2D eigenvalue weighted by molar-refractivity contribution is -0.121. The Labute approximate surface area is 198 Å². The minimum Gasteiger partial charge on any atom is -0.493 e. The number of aromatic amines is 1. The molecule has 3 rings (SSSR count). The van der Waals surface area contributed by atoms with Crippen molar-refractivity contribution in [2.24, 2.45) is 0 Å². The predicted octanol–water partition coefficient (Wildman–Crippen LogP) is 3.07. The van der Waals surface area contributed by atoms with Crippen LogP contribution in [0.1, 0.15) is 37.6 Å². The first-order valence-electron chi connectivity index (χ1n) is 11.2. The molecule has 9 nitrogen and oxygen atoms in total. The van der Waals surface area contributed by atoms with Crippen molar-refractivity contribution in [2.75, 3.05) is 26.9 Å². The molecule has 1 atom stereocenters. The summed E-state index contributed by atoms with van der Waals surface area (Å²) in [5, 5.41) is 11.1. The number of amides is 1. The Hall–Kier alpha value is -3.72. The quantitative estimate of drug-likeness (QED) is 0.394. The summed E-state index contributed by atoms with van der Waals surface area (Å²) >= 11 is 0. The zero-order valence-electron chi connectivity index (χ0n) is 19.7. The highest BCUT2D eigenvalue weighted by molar-refractivity contribution is 5.76. The van der Waals surface area contributed by atoms with Crippen molar-refractivity contribution in [3.8, 4) is 22.9 Å². The van der Waals surface area contributed by atoms with Gasteiger partial charge in [-0.15, -0.1) is 10.2 Å².